The highest BCUT2D eigenvalue weighted by molar-refractivity contribution is 5.43. The minimum atomic E-state index is -0.345. The normalized spacial score (nSPS) is 18.0. The molecule has 0 fully saturated rings. The van der Waals surface area contributed by atoms with E-state index >= 15 is 0 Å². The van der Waals surface area contributed by atoms with Crippen molar-refractivity contribution in [1.29, 1.82) is 0 Å². The molecular weight excluding hydrogens is 269 g/mol. The second kappa shape index (κ2) is 5.74. The first kappa shape index (κ1) is 13.9. The third-order valence-corrected chi connectivity index (χ3v) is 3.99. The zero-order chi connectivity index (χ0) is 14.8. The molecule has 2 atom stereocenters. The number of ether oxygens (including phenoxy) is 2. The van der Waals surface area contributed by atoms with Gasteiger partial charge in [0.25, 0.3) is 0 Å². The first-order valence-electron chi connectivity index (χ1n) is 6.97. The first-order valence-corrected chi connectivity index (χ1v) is 6.97. The highest BCUT2D eigenvalue weighted by atomic mass is 19.1. The summed E-state index contributed by atoms with van der Waals surface area (Å²) in [6.07, 6.45) is 0. The van der Waals surface area contributed by atoms with Crippen molar-refractivity contribution in [3.05, 3.63) is 59.4 Å². The highest BCUT2D eigenvalue weighted by Crippen LogP contribution is 2.41. The van der Waals surface area contributed by atoms with Crippen LogP contribution in [0.2, 0.25) is 0 Å². The molecule has 0 saturated carbocycles. The summed E-state index contributed by atoms with van der Waals surface area (Å²) in [5.74, 6) is 0.995. The SMILES string of the molecule is CNC(c1ccc(OC)c(F)c1)C1COc2ccccc21. The summed E-state index contributed by atoms with van der Waals surface area (Å²) in [6.45, 7) is 0.596. The van der Waals surface area contributed by atoms with Gasteiger partial charge in [0.15, 0.2) is 11.6 Å². The fourth-order valence-corrected chi connectivity index (χ4v) is 2.94. The standard InChI is InChI=1S/C17H18FNO2/c1-19-17(11-7-8-16(20-2)14(18)9-11)13-10-21-15-6-4-3-5-12(13)15/h3-9,13,17,19H,10H2,1-2H3. The van der Waals surface area contributed by atoms with Crippen LogP contribution >= 0.6 is 0 Å². The maximum Gasteiger partial charge on any atom is 0.165 e. The molecule has 2 unspecified atom stereocenters. The Morgan fingerprint density at radius 3 is 2.81 bits per heavy atom. The van der Waals surface area contributed by atoms with E-state index in [0.717, 1.165) is 16.9 Å². The van der Waals surface area contributed by atoms with Gasteiger partial charge in [0.1, 0.15) is 5.75 Å². The lowest BCUT2D eigenvalue weighted by Crippen LogP contribution is -2.25. The second-order valence-corrected chi connectivity index (χ2v) is 5.12. The van der Waals surface area contributed by atoms with E-state index in [4.69, 9.17) is 9.47 Å². The van der Waals surface area contributed by atoms with Crippen molar-refractivity contribution in [2.45, 2.75) is 12.0 Å². The number of nitrogens with one attached hydrogen (secondary N) is 1. The molecule has 3 rings (SSSR count). The fraction of sp³-hybridized carbons (Fsp3) is 0.294. The van der Waals surface area contributed by atoms with Gasteiger partial charge < -0.3 is 14.8 Å². The molecule has 1 aliphatic heterocycles. The molecule has 0 radical (unpaired) electrons. The van der Waals surface area contributed by atoms with E-state index in [1.54, 1.807) is 6.07 Å². The van der Waals surface area contributed by atoms with Gasteiger partial charge in [0.05, 0.1) is 13.7 Å². The molecular formula is C17H18FNO2. The molecule has 110 valence electrons. The predicted molar refractivity (Wildman–Crippen MR) is 79.4 cm³/mol. The van der Waals surface area contributed by atoms with Crippen LogP contribution < -0.4 is 14.8 Å². The maximum atomic E-state index is 13.9. The average Bonchev–Trinajstić information content (AvgIpc) is 2.93. The lowest BCUT2D eigenvalue weighted by atomic mass is 9.88. The minimum absolute atomic E-state index is 0.00550. The molecule has 4 heteroatoms. The van der Waals surface area contributed by atoms with Crippen LogP contribution in [0.5, 0.6) is 11.5 Å². The average molecular weight is 287 g/mol. The van der Waals surface area contributed by atoms with E-state index in [9.17, 15) is 4.39 Å². The molecule has 1 aliphatic rings. The zero-order valence-electron chi connectivity index (χ0n) is 12.1. The van der Waals surface area contributed by atoms with Crippen LogP contribution in [0.15, 0.2) is 42.5 Å². The Morgan fingerprint density at radius 1 is 1.29 bits per heavy atom. The molecule has 0 amide bonds. The van der Waals surface area contributed by atoms with Crippen LogP contribution in [-0.2, 0) is 0 Å². The summed E-state index contributed by atoms with van der Waals surface area (Å²) in [7, 11) is 3.35. The fourth-order valence-electron chi connectivity index (χ4n) is 2.94. The van der Waals surface area contributed by atoms with E-state index in [2.05, 4.69) is 11.4 Å². The van der Waals surface area contributed by atoms with Crippen LogP contribution in [0.1, 0.15) is 23.1 Å². The van der Waals surface area contributed by atoms with E-state index < -0.39 is 0 Å². The Kier molecular flexibility index (Phi) is 3.80. The third kappa shape index (κ3) is 2.47. The minimum Gasteiger partial charge on any atom is -0.494 e. The van der Waals surface area contributed by atoms with Gasteiger partial charge in [-0.3, -0.25) is 0 Å². The Balaban J connectivity index is 1.95. The van der Waals surface area contributed by atoms with Gasteiger partial charge >= 0.3 is 0 Å². The number of para-hydroxylation sites is 1. The molecule has 0 aromatic heterocycles. The molecule has 2 aromatic carbocycles. The van der Waals surface area contributed by atoms with Crippen molar-refractivity contribution in [3.63, 3.8) is 0 Å². The summed E-state index contributed by atoms with van der Waals surface area (Å²) in [4.78, 5) is 0. The number of hydrogen-bond acceptors (Lipinski definition) is 3. The smallest absolute Gasteiger partial charge is 0.165 e. The molecule has 0 saturated heterocycles. The van der Waals surface area contributed by atoms with Gasteiger partial charge in [0, 0.05) is 17.5 Å². The van der Waals surface area contributed by atoms with Crippen molar-refractivity contribution in [1.82, 2.24) is 5.32 Å². The molecule has 1 heterocycles. The summed E-state index contributed by atoms with van der Waals surface area (Å²) in [5, 5.41) is 3.28. The van der Waals surface area contributed by atoms with Gasteiger partial charge in [0.2, 0.25) is 0 Å². The monoisotopic (exact) mass is 287 g/mol. The number of rotatable bonds is 4. The lowest BCUT2D eigenvalue weighted by Gasteiger charge is -2.23. The van der Waals surface area contributed by atoms with Crippen molar-refractivity contribution in [2.24, 2.45) is 0 Å². The number of halogens is 1. The Morgan fingerprint density at radius 2 is 2.10 bits per heavy atom. The van der Waals surface area contributed by atoms with Crippen molar-refractivity contribution >= 4 is 0 Å². The molecule has 3 nitrogen and oxygen atoms in total. The summed E-state index contributed by atoms with van der Waals surface area (Å²) in [5.41, 5.74) is 2.05. The number of likely N-dealkylation sites (N-methyl/N-ethyl adjacent to an activating group) is 1. The van der Waals surface area contributed by atoms with Crippen molar-refractivity contribution in [2.75, 3.05) is 20.8 Å². The van der Waals surface area contributed by atoms with E-state index in [1.807, 2.05) is 31.3 Å². The van der Waals surface area contributed by atoms with Crippen LogP contribution in [0.3, 0.4) is 0 Å². The number of hydrogen-bond donors (Lipinski definition) is 1. The zero-order valence-corrected chi connectivity index (χ0v) is 12.1. The first-order chi connectivity index (χ1) is 10.2. The van der Waals surface area contributed by atoms with Crippen LogP contribution in [0, 0.1) is 5.82 Å². The number of benzene rings is 2. The largest absolute Gasteiger partial charge is 0.494 e. The Hall–Kier alpha value is -2.07. The van der Waals surface area contributed by atoms with Gasteiger partial charge in [-0.15, -0.1) is 0 Å². The Labute approximate surface area is 123 Å². The van der Waals surface area contributed by atoms with E-state index in [-0.39, 0.29) is 23.5 Å². The van der Waals surface area contributed by atoms with E-state index in [0.29, 0.717) is 6.61 Å². The summed E-state index contributed by atoms with van der Waals surface area (Å²) in [6, 6.07) is 13.1. The van der Waals surface area contributed by atoms with Crippen molar-refractivity contribution in [3.8, 4) is 11.5 Å². The molecule has 0 aliphatic carbocycles. The second-order valence-electron chi connectivity index (χ2n) is 5.12. The molecule has 21 heavy (non-hydrogen) atoms. The quantitative estimate of drug-likeness (QED) is 0.936. The molecule has 0 spiro atoms. The Bertz CT molecular complexity index is 644. The van der Waals surface area contributed by atoms with Gasteiger partial charge in [-0.05, 0) is 30.8 Å². The number of fused-ring (bicyclic) bond motifs is 1. The molecule has 1 N–H and O–H groups in total. The summed E-state index contributed by atoms with van der Waals surface area (Å²) >= 11 is 0. The van der Waals surface area contributed by atoms with Crippen molar-refractivity contribution < 1.29 is 13.9 Å². The van der Waals surface area contributed by atoms with Crippen LogP contribution in [0.25, 0.3) is 0 Å². The highest BCUT2D eigenvalue weighted by Gasteiger charge is 2.31. The lowest BCUT2D eigenvalue weighted by molar-refractivity contribution is 0.304. The molecule has 0 bridgehead atoms. The summed E-state index contributed by atoms with van der Waals surface area (Å²) < 4.78 is 24.7. The van der Waals surface area contributed by atoms with E-state index in [1.165, 1.54) is 13.2 Å². The van der Waals surface area contributed by atoms with Gasteiger partial charge in [-0.25, -0.2) is 4.39 Å². The topological polar surface area (TPSA) is 30.5 Å². The third-order valence-electron chi connectivity index (χ3n) is 3.99. The maximum absolute atomic E-state index is 13.9. The van der Waals surface area contributed by atoms with Gasteiger partial charge in [-0.1, -0.05) is 24.3 Å². The van der Waals surface area contributed by atoms with Crippen LogP contribution in [0.4, 0.5) is 4.39 Å². The van der Waals surface area contributed by atoms with Crippen LogP contribution in [-0.4, -0.2) is 20.8 Å². The van der Waals surface area contributed by atoms with Gasteiger partial charge in [-0.2, -0.15) is 0 Å². The predicted octanol–water partition coefficient (Wildman–Crippen LogP) is 3.27. The molecule has 2 aromatic rings. The number of methoxy groups -OCH3 is 1.